The molecule has 0 saturated heterocycles. The fourth-order valence-electron chi connectivity index (χ4n) is 1.46. The molecule has 0 N–H and O–H groups in total. The van der Waals surface area contributed by atoms with Crippen LogP contribution >= 0.6 is 0 Å². The smallest absolute Gasteiger partial charge is 0.233 e. The normalized spacial score (nSPS) is 11.5. The summed E-state index contributed by atoms with van der Waals surface area (Å²) in [6, 6.07) is 8.61. The summed E-state index contributed by atoms with van der Waals surface area (Å²) >= 11 is 0. The third kappa shape index (κ3) is 2.61. The molecule has 0 aliphatic carbocycles. The number of aryl methyl sites for hydroxylation is 1. The second-order valence-electron chi connectivity index (χ2n) is 3.63. The Hall–Kier alpha value is -1.91. The maximum Gasteiger partial charge on any atom is 0.451 e. The Labute approximate surface area is 96.2 Å². The van der Waals surface area contributed by atoms with E-state index in [1.165, 1.54) is 6.07 Å². The Balaban J connectivity index is 2.47. The molecule has 0 amide bonds. The molecule has 88 valence electrons. The molecule has 0 atom stereocenters. The highest BCUT2D eigenvalue weighted by molar-refractivity contribution is 5.59. The van der Waals surface area contributed by atoms with Gasteiger partial charge in [-0.3, -0.25) is 0 Å². The van der Waals surface area contributed by atoms with Crippen LogP contribution in [0.1, 0.15) is 11.4 Å². The van der Waals surface area contributed by atoms with Gasteiger partial charge in [-0.1, -0.05) is 23.8 Å². The van der Waals surface area contributed by atoms with E-state index < -0.39 is 12.0 Å². The predicted molar refractivity (Wildman–Crippen MR) is 57.2 cm³/mol. The first-order valence-corrected chi connectivity index (χ1v) is 4.94. The number of rotatable bonds is 1. The zero-order valence-electron chi connectivity index (χ0n) is 8.99. The monoisotopic (exact) mass is 238 g/mol. The van der Waals surface area contributed by atoms with Gasteiger partial charge in [0.1, 0.15) is 0 Å². The number of hydrogen-bond donors (Lipinski definition) is 0. The molecule has 1 aromatic heterocycles. The molecule has 2 rings (SSSR count). The van der Waals surface area contributed by atoms with Crippen molar-refractivity contribution in [1.82, 2.24) is 9.97 Å². The van der Waals surface area contributed by atoms with Crippen LogP contribution in [-0.2, 0) is 6.18 Å². The van der Waals surface area contributed by atoms with Crippen molar-refractivity contribution >= 4 is 0 Å². The molecular weight excluding hydrogens is 229 g/mol. The molecule has 0 bridgehead atoms. The summed E-state index contributed by atoms with van der Waals surface area (Å²) in [5.74, 6) is -1.11. The van der Waals surface area contributed by atoms with Crippen molar-refractivity contribution in [3.8, 4) is 11.3 Å². The van der Waals surface area contributed by atoms with Crippen molar-refractivity contribution < 1.29 is 13.2 Å². The lowest BCUT2D eigenvalue weighted by molar-refractivity contribution is -0.144. The molecule has 2 nitrogen and oxygen atoms in total. The SMILES string of the molecule is Cc1cccc(-c2ccnc(C(F)(F)F)n2)c1. The van der Waals surface area contributed by atoms with Crippen LogP contribution in [0.15, 0.2) is 36.5 Å². The number of aromatic nitrogens is 2. The first-order chi connectivity index (χ1) is 7.97. The van der Waals surface area contributed by atoms with E-state index in [0.717, 1.165) is 11.8 Å². The second-order valence-corrected chi connectivity index (χ2v) is 3.63. The molecule has 0 unspecified atom stereocenters. The summed E-state index contributed by atoms with van der Waals surface area (Å²) in [5.41, 5.74) is 1.89. The highest BCUT2D eigenvalue weighted by Gasteiger charge is 2.34. The Morgan fingerprint density at radius 1 is 1.12 bits per heavy atom. The van der Waals surface area contributed by atoms with Crippen LogP contribution in [0.4, 0.5) is 13.2 Å². The molecule has 0 fully saturated rings. The van der Waals surface area contributed by atoms with Crippen LogP contribution in [0.3, 0.4) is 0 Å². The average Bonchev–Trinajstić information content (AvgIpc) is 2.28. The van der Waals surface area contributed by atoms with Crippen molar-refractivity contribution in [2.75, 3.05) is 0 Å². The van der Waals surface area contributed by atoms with Crippen LogP contribution in [0, 0.1) is 6.92 Å². The molecule has 5 heteroatoms. The number of alkyl halides is 3. The maximum absolute atomic E-state index is 12.4. The highest BCUT2D eigenvalue weighted by Crippen LogP contribution is 2.27. The van der Waals surface area contributed by atoms with Crippen LogP contribution in [-0.4, -0.2) is 9.97 Å². The van der Waals surface area contributed by atoms with Gasteiger partial charge >= 0.3 is 6.18 Å². The van der Waals surface area contributed by atoms with Crippen molar-refractivity contribution in [1.29, 1.82) is 0 Å². The lowest BCUT2D eigenvalue weighted by atomic mass is 10.1. The molecule has 0 saturated carbocycles. The molecule has 0 radical (unpaired) electrons. The topological polar surface area (TPSA) is 25.8 Å². The summed E-state index contributed by atoms with van der Waals surface area (Å²) < 4.78 is 37.3. The number of nitrogens with zero attached hydrogens (tertiary/aromatic N) is 2. The molecule has 1 heterocycles. The van der Waals surface area contributed by atoms with E-state index in [0.29, 0.717) is 5.56 Å². The first kappa shape index (κ1) is 11.6. The van der Waals surface area contributed by atoms with E-state index in [-0.39, 0.29) is 5.69 Å². The van der Waals surface area contributed by atoms with Gasteiger partial charge in [0.05, 0.1) is 5.69 Å². The zero-order valence-corrected chi connectivity index (χ0v) is 8.99. The van der Waals surface area contributed by atoms with Gasteiger partial charge in [0, 0.05) is 11.8 Å². The predicted octanol–water partition coefficient (Wildman–Crippen LogP) is 3.47. The van der Waals surface area contributed by atoms with Gasteiger partial charge in [-0.25, -0.2) is 9.97 Å². The second kappa shape index (κ2) is 4.16. The minimum absolute atomic E-state index is 0.274. The Morgan fingerprint density at radius 3 is 2.53 bits per heavy atom. The van der Waals surface area contributed by atoms with Gasteiger partial charge < -0.3 is 0 Å². The lowest BCUT2D eigenvalue weighted by Gasteiger charge is -2.07. The summed E-state index contributed by atoms with van der Waals surface area (Å²) in [6.45, 7) is 1.87. The molecule has 0 aliphatic heterocycles. The van der Waals surface area contributed by atoms with Gasteiger partial charge in [-0.15, -0.1) is 0 Å². The number of hydrogen-bond acceptors (Lipinski definition) is 2. The zero-order chi connectivity index (χ0) is 12.5. The summed E-state index contributed by atoms with van der Waals surface area (Å²) in [4.78, 5) is 6.74. The summed E-state index contributed by atoms with van der Waals surface area (Å²) in [5, 5.41) is 0. The Kier molecular flexibility index (Phi) is 2.83. The molecule has 1 aromatic carbocycles. The molecule has 0 aliphatic rings. The third-order valence-corrected chi connectivity index (χ3v) is 2.22. The summed E-state index contributed by atoms with van der Waals surface area (Å²) in [7, 11) is 0. The van der Waals surface area contributed by atoms with Gasteiger partial charge in [-0.05, 0) is 19.1 Å². The molecule has 0 spiro atoms. The molecule has 2 aromatic rings. The van der Waals surface area contributed by atoms with Crippen LogP contribution < -0.4 is 0 Å². The highest BCUT2D eigenvalue weighted by atomic mass is 19.4. The van der Waals surface area contributed by atoms with Gasteiger partial charge in [0.2, 0.25) is 5.82 Å². The van der Waals surface area contributed by atoms with E-state index >= 15 is 0 Å². The number of halogens is 3. The van der Waals surface area contributed by atoms with Crippen molar-refractivity contribution in [2.45, 2.75) is 13.1 Å². The van der Waals surface area contributed by atoms with E-state index in [2.05, 4.69) is 9.97 Å². The minimum atomic E-state index is -4.51. The standard InChI is InChI=1S/C12H9F3N2/c1-8-3-2-4-9(7-8)10-5-6-16-11(17-10)12(13,14)15/h2-7H,1H3. The van der Waals surface area contributed by atoms with E-state index in [1.807, 2.05) is 13.0 Å². The average molecular weight is 238 g/mol. The van der Waals surface area contributed by atoms with E-state index in [9.17, 15) is 13.2 Å². The van der Waals surface area contributed by atoms with Crippen molar-refractivity contribution in [3.63, 3.8) is 0 Å². The quantitative estimate of drug-likeness (QED) is 0.760. The first-order valence-electron chi connectivity index (χ1n) is 4.94. The van der Waals surface area contributed by atoms with Crippen molar-refractivity contribution in [3.05, 3.63) is 47.9 Å². The third-order valence-electron chi connectivity index (χ3n) is 2.22. The van der Waals surface area contributed by atoms with Crippen molar-refractivity contribution in [2.24, 2.45) is 0 Å². The fraction of sp³-hybridized carbons (Fsp3) is 0.167. The van der Waals surface area contributed by atoms with Crippen LogP contribution in [0.5, 0.6) is 0 Å². The van der Waals surface area contributed by atoms with Gasteiger partial charge in [0.25, 0.3) is 0 Å². The lowest BCUT2D eigenvalue weighted by Crippen LogP contribution is -2.10. The summed E-state index contributed by atoms with van der Waals surface area (Å²) in [6.07, 6.45) is -3.40. The minimum Gasteiger partial charge on any atom is -0.233 e. The maximum atomic E-state index is 12.4. The Morgan fingerprint density at radius 2 is 1.88 bits per heavy atom. The molecular formula is C12H9F3N2. The van der Waals surface area contributed by atoms with Crippen LogP contribution in [0.25, 0.3) is 11.3 Å². The largest absolute Gasteiger partial charge is 0.451 e. The number of benzene rings is 1. The Bertz CT molecular complexity index is 535. The fourth-order valence-corrected chi connectivity index (χ4v) is 1.46. The van der Waals surface area contributed by atoms with E-state index in [1.54, 1.807) is 18.2 Å². The molecule has 17 heavy (non-hydrogen) atoms. The van der Waals surface area contributed by atoms with Gasteiger partial charge in [0.15, 0.2) is 0 Å². The van der Waals surface area contributed by atoms with Crippen LogP contribution in [0.2, 0.25) is 0 Å². The van der Waals surface area contributed by atoms with E-state index in [4.69, 9.17) is 0 Å². The van der Waals surface area contributed by atoms with Gasteiger partial charge in [-0.2, -0.15) is 13.2 Å².